The fourth-order valence-electron chi connectivity index (χ4n) is 0.897. The Morgan fingerprint density at radius 2 is 1.81 bits per heavy atom. The number of hydrogen-bond donors (Lipinski definition) is 1. The van der Waals surface area contributed by atoms with Gasteiger partial charge in [0.1, 0.15) is 0 Å². The van der Waals surface area contributed by atoms with Gasteiger partial charge in [-0.05, 0) is 19.9 Å². The smallest absolute Gasteiger partial charge is 0.358 e. The number of hydrogen-bond acceptors (Lipinski definition) is 5. The Balaban J connectivity index is 4.84. The predicted molar refractivity (Wildman–Crippen MR) is 62.3 cm³/mol. The van der Waals surface area contributed by atoms with E-state index < -0.39 is 5.97 Å². The number of nitrogens with zero attached hydrogens (tertiary/aromatic N) is 1. The Kier molecular flexibility index (Phi) is 6.83. The molecule has 0 aliphatic rings. The molecule has 0 aliphatic heterocycles. The third-order valence-corrected chi connectivity index (χ3v) is 1.58. The summed E-state index contributed by atoms with van der Waals surface area (Å²) in [6.07, 6.45) is 3.38. The Morgan fingerprint density at radius 1 is 1.25 bits per heavy atom. The summed E-state index contributed by atoms with van der Waals surface area (Å²) < 4.78 is 10.1. The van der Waals surface area contributed by atoms with Gasteiger partial charge < -0.3 is 20.1 Å². The largest absolute Gasteiger partial charge is 0.491 e. The Bertz CT molecular complexity index is 283. The van der Waals surface area contributed by atoms with Crippen LogP contribution in [0.2, 0.25) is 0 Å². The number of esters is 1. The topological polar surface area (TPSA) is 64.8 Å². The lowest BCUT2D eigenvalue weighted by Gasteiger charge is -2.10. The lowest BCUT2D eigenvalue weighted by atomic mass is 10.3. The maximum absolute atomic E-state index is 11.4. The highest BCUT2D eigenvalue weighted by atomic mass is 16.5. The van der Waals surface area contributed by atoms with Crippen LogP contribution in [0.1, 0.15) is 13.8 Å². The molecule has 2 N–H and O–H groups in total. The van der Waals surface area contributed by atoms with Crippen molar-refractivity contribution in [2.45, 2.75) is 13.8 Å². The summed E-state index contributed by atoms with van der Waals surface area (Å²) >= 11 is 0. The first-order chi connectivity index (χ1) is 7.52. The molecule has 0 radical (unpaired) electrons. The number of nitrogens with two attached hydrogens (primary N) is 1. The number of rotatable bonds is 6. The van der Waals surface area contributed by atoms with E-state index in [-0.39, 0.29) is 12.3 Å². The van der Waals surface area contributed by atoms with E-state index in [1.54, 1.807) is 19.2 Å². The van der Waals surface area contributed by atoms with Crippen LogP contribution in [0.4, 0.5) is 0 Å². The molecule has 0 heterocycles. The van der Waals surface area contributed by atoms with Gasteiger partial charge in [0.05, 0.1) is 13.2 Å². The van der Waals surface area contributed by atoms with Gasteiger partial charge in [-0.1, -0.05) is 0 Å². The van der Waals surface area contributed by atoms with Crippen LogP contribution in [0.3, 0.4) is 0 Å². The van der Waals surface area contributed by atoms with Crippen molar-refractivity contribution in [3.05, 3.63) is 23.7 Å². The molecule has 0 spiro atoms. The van der Waals surface area contributed by atoms with Crippen LogP contribution in [0.25, 0.3) is 0 Å². The van der Waals surface area contributed by atoms with Gasteiger partial charge in [0.2, 0.25) is 0 Å². The minimum Gasteiger partial charge on any atom is -0.491 e. The number of allylic oxidation sites excluding steroid dienone is 1. The molecule has 0 aliphatic carbocycles. The molecular weight excluding hydrogens is 208 g/mol. The molecule has 92 valence electrons. The van der Waals surface area contributed by atoms with E-state index in [2.05, 4.69) is 0 Å². The van der Waals surface area contributed by atoms with Gasteiger partial charge in [0.15, 0.2) is 11.5 Å². The van der Waals surface area contributed by atoms with E-state index in [0.717, 1.165) is 0 Å². The third kappa shape index (κ3) is 5.29. The highest BCUT2D eigenvalue weighted by molar-refractivity contribution is 5.88. The van der Waals surface area contributed by atoms with Gasteiger partial charge in [-0.25, -0.2) is 4.79 Å². The minimum absolute atomic E-state index is 0.0122. The predicted octanol–water partition coefficient (Wildman–Crippen LogP) is 0.832. The molecule has 0 aromatic rings. The zero-order chi connectivity index (χ0) is 12.6. The van der Waals surface area contributed by atoms with Crippen LogP contribution in [-0.4, -0.2) is 38.2 Å². The van der Waals surface area contributed by atoms with Crippen molar-refractivity contribution in [2.75, 3.05) is 27.3 Å². The summed E-state index contributed by atoms with van der Waals surface area (Å²) in [5.74, 6) is -0.232. The fraction of sp³-hybridized carbons (Fsp3) is 0.545. The molecule has 0 aromatic heterocycles. The monoisotopic (exact) mass is 228 g/mol. The Labute approximate surface area is 96.5 Å². The maximum Gasteiger partial charge on any atom is 0.358 e. The first kappa shape index (κ1) is 14.3. The SMILES string of the molecule is CCOC(=O)C(N)=C(/C=C/N(C)C)OCC. The molecular formula is C11H20N2O3. The number of ether oxygens (including phenoxy) is 2. The van der Waals surface area contributed by atoms with Crippen LogP contribution in [0.15, 0.2) is 23.7 Å². The molecule has 0 fully saturated rings. The van der Waals surface area contributed by atoms with Gasteiger partial charge in [-0.2, -0.15) is 0 Å². The normalized spacial score (nSPS) is 12.2. The molecule has 5 nitrogen and oxygen atoms in total. The minimum atomic E-state index is -0.561. The molecule has 0 unspecified atom stereocenters. The first-order valence-corrected chi connectivity index (χ1v) is 5.17. The maximum atomic E-state index is 11.4. The molecule has 0 saturated heterocycles. The lowest BCUT2D eigenvalue weighted by Crippen LogP contribution is -2.18. The number of carbonyl (C=O) groups is 1. The molecule has 5 heteroatoms. The second-order valence-electron chi connectivity index (χ2n) is 3.21. The van der Waals surface area contributed by atoms with Crippen molar-refractivity contribution in [1.82, 2.24) is 4.90 Å². The molecule has 0 atom stereocenters. The van der Waals surface area contributed by atoms with Gasteiger partial charge in [-0.15, -0.1) is 0 Å². The van der Waals surface area contributed by atoms with E-state index in [4.69, 9.17) is 15.2 Å². The van der Waals surface area contributed by atoms with Gasteiger partial charge in [-0.3, -0.25) is 0 Å². The highest BCUT2D eigenvalue weighted by Gasteiger charge is 2.12. The lowest BCUT2D eigenvalue weighted by molar-refractivity contribution is -0.138. The van der Waals surface area contributed by atoms with Gasteiger partial charge in [0.25, 0.3) is 0 Å². The zero-order valence-electron chi connectivity index (χ0n) is 10.3. The summed E-state index contributed by atoms with van der Waals surface area (Å²) in [6.45, 7) is 4.27. The van der Waals surface area contributed by atoms with E-state index >= 15 is 0 Å². The van der Waals surface area contributed by atoms with Crippen molar-refractivity contribution in [2.24, 2.45) is 5.73 Å². The Morgan fingerprint density at radius 3 is 2.25 bits per heavy atom. The van der Waals surface area contributed by atoms with Crippen LogP contribution in [0.5, 0.6) is 0 Å². The number of carbonyl (C=O) groups excluding carboxylic acids is 1. The van der Waals surface area contributed by atoms with Crippen molar-refractivity contribution in [3.8, 4) is 0 Å². The average Bonchev–Trinajstić information content (AvgIpc) is 2.23. The van der Waals surface area contributed by atoms with E-state index in [9.17, 15) is 4.79 Å². The van der Waals surface area contributed by atoms with Crippen LogP contribution >= 0.6 is 0 Å². The molecule has 16 heavy (non-hydrogen) atoms. The first-order valence-electron chi connectivity index (χ1n) is 5.17. The summed E-state index contributed by atoms with van der Waals surface area (Å²) in [7, 11) is 3.72. The molecule has 0 amide bonds. The molecule has 0 bridgehead atoms. The molecule has 0 saturated carbocycles. The van der Waals surface area contributed by atoms with Gasteiger partial charge >= 0.3 is 5.97 Å². The summed E-state index contributed by atoms with van der Waals surface area (Å²) in [5, 5.41) is 0. The van der Waals surface area contributed by atoms with Gasteiger partial charge in [0, 0.05) is 20.3 Å². The van der Waals surface area contributed by atoms with Crippen molar-refractivity contribution in [1.29, 1.82) is 0 Å². The quantitative estimate of drug-likeness (QED) is 0.316. The second kappa shape index (κ2) is 7.62. The van der Waals surface area contributed by atoms with E-state index in [1.807, 2.05) is 25.9 Å². The summed E-state index contributed by atoms with van der Waals surface area (Å²) in [4.78, 5) is 13.2. The van der Waals surface area contributed by atoms with E-state index in [1.165, 1.54) is 0 Å². The average molecular weight is 228 g/mol. The van der Waals surface area contributed by atoms with Crippen molar-refractivity contribution in [3.63, 3.8) is 0 Å². The standard InChI is InChI=1S/C11H20N2O3/c1-5-15-9(7-8-13(3)4)10(12)11(14)16-6-2/h7-8H,5-6,12H2,1-4H3/b8-7+,10-9?. The third-order valence-electron chi connectivity index (χ3n) is 1.58. The second-order valence-corrected chi connectivity index (χ2v) is 3.21. The summed E-state index contributed by atoms with van der Waals surface area (Å²) in [6, 6.07) is 0. The summed E-state index contributed by atoms with van der Waals surface area (Å²) in [5.41, 5.74) is 5.62. The van der Waals surface area contributed by atoms with Crippen molar-refractivity contribution >= 4 is 5.97 Å². The van der Waals surface area contributed by atoms with E-state index in [0.29, 0.717) is 12.4 Å². The highest BCUT2D eigenvalue weighted by Crippen LogP contribution is 2.06. The zero-order valence-corrected chi connectivity index (χ0v) is 10.3. The Hall–Kier alpha value is -1.65. The van der Waals surface area contributed by atoms with Crippen molar-refractivity contribution < 1.29 is 14.3 Å². The van der Waals surface area contributed by atoms with Crippen LogP contribution < -0.4 is 5.73 Å². The molecule has 0 aromatic carbocycles. The van der Waals surface area contributed by atoms with Crippen LogP contribution in [-0.2, 0) is 14.3 Å². The van der Waals surface area contributed by atoms with Crippen LogP contribution in [0, 0.1) is 0 Å². The molecule has 0 rings (SSSR count). The fourth-order valence-corrected chi connectivity index (χ4v) is 0.897.